The molecule has 0 aromatic heterocycles. The zero-order chi connectivity index (χ0) is 11.2. The van der Waals surface area contributed by atoms with Crippen molar-refractivity contribution in [2.24, 2.45) is 0 Å². The van der Waals surface area contributed by atoms with Crippen molar-refractivity contribution in [2.75, 3.05) is 0 Å². The number of aliphatic carboxylic acids is 1. The van der Waals surface area contributed by atoms with Gasteiger partial charge in [-0.3, -0.25) is 4.79 Å². The van der Waals surface area contributed by atoms with E-state index in [2.05, 4.69) is 0 Å². The molecule has 86 valence electrons. The maximum absolute atomic E-state index is 12.0. The summed E-state index contributed by atoms with van der Waals surface area (Å²) in [6.07, 6.45) is 3.54. The number of hydrogen-bond donors (Lipinski definition) is 1. The number of carboxylic acid groups (broad SMARTS) is 1. The molecule has 1 unspecified atom stereocenters. The highest BCUT2D eigenvalue weighted by Crippen LogP contribution is 2.40. The largest absolute Gasteiger partial charge is 0.480 e. The third-order valence-electron chi connectivity index (χ3n) is 3.47. The number of rotatable bonds is 3. The topological polar surface area (TPSA) is 74.7 Å². The highest BCUT2D eigenvalue weighted by molar-refractivity contribution is 7.90. The summed E-state index contributed by atoms with van der Waals surface area (Å²) in [5.74, 6) is -1.26. The Labute approximate surface area is 89.1 Å². The minimum atomic E-state index is -3.64. The van der Waals surface area contributed by atoms with Crippen LogP contribution in [0, 0.1) is 0 Å². The molecule has 2 aliphatic heterocycles. The first-order valence-corrected chi connectivity index (χ1v) is 6.70. The molecule has 0 amide bonds. The van der Waals surface area contributed by atoms with Gasteiger partial charge in [0.05, 0.1) is 0 Å². The molecular weight excluding hydrogens is 218 g/mol. The molecule has 0 radical (unpaired) electrons. The Bertz CT molecular complexity index is 358. The standard InChI is InChI=1S/C9H15NO4S/c1-6(9(11)12)15(13,14)10-7-2-3-8(10)5-4-7/h6-8H,2-5H2,1H3,(H,11,12). The fraction of sp³-hybridized carbons (Fsp3) is 0.889. The van der Waals surface area contributed by atoms with Crippen molar-refractivity contribution >= 4 is 16.0 Å². The van der Waals surface area contributed by atoms with Crippen LogP contribution in [0.4, 0.5) is 0 Å². The first kappa shape index (κ1) is 10.9. The molecule has 0 saturated carbocycles. The van der Waals surface area contributed by atoms with Gasteiger partial charge in [0.15, 0.2) is 5.25 Å². The molecule has 2 bridgehead atoms. The van der Waals surface area contributed by atoms with Crippen LogP contribution >= 0.6 is 0 Å². The lowest BCUT2D eigenvalue weighted by Crippen LogP contribution is -2.43. The van der Waals surface area contributed by atoms with Crippen LogP contribution < -0.4 is 0 Å². The highest BCUT2D eigenvalue weighted by Gasteiger charge is 2.49. The number of fused-ring (bicyclic) bond motifs is 2. The van der Waals surface area contributed by atoms with Crippen molar-refractivity contribution in [3.8, 4) is 0 Å². The average molecular weight is 233 g/mol. The lowest BCUT2D eigenvalue weighted by Gasteiger charge is -2.23. The van der Waals surface area contributed by atoms with Gasteiger partial charge in [0.1, 0.15) is 0 Å². The van der Waals surface area contributed by atoms with E-state index < -0.39 is 21.2 Å². The summed E-state index contributed by atoms with van der Waals surface area (Å²) in [5.41, 5.74) is 0. The summed E-state index contributed by atoms with van der Waals surface area (Å²) in [6.45, 7) is 1.25. The van der Waals surface area contributed by atoms with Gasteiger partial charge < -0.3 is 5.11 Å². The third kappa shape index (κ3) is 1.56. The fourth-order valence-corrected chi connectivity index (χ4v) is 4.46. The molecule has 0 aliphatic carbocycles. The molecule has 0 aromatic rings. The van der Waals surface area contributed by atoms with E-state index in [4.69, 9.17) is 5.11 Å². The zero-order valence-corrected chi connectivity index (χ0v) is 9.40. The van der Waals surface area contributed by atoms with Gasteiger partial charge >= 0.3 is 5.97 Å². The summed E-state index contributed by atoms with van der Waals surface area (Å²) in [7, 11) is -3.64. The van der Waals surface area contributed by atoms with E-state index in [1.54, 1.807) is 0 Å². The Morgan fingerprint density at radius 2 is 1.67 bits per heavy atom. The van der Waals surface area contributed by atoms with Crippen molar-refractivity contribution in [2.45, 2.75) is 49.9 Å². The number of carbonyl (C=O) groups is 1. The van der Waals surface area contributed by atoms with Gasteiger partial charge in [-0.2, -0.15) is 4.31 Å². The molecule has 1 atom stereocenters. The second-order valence-electron chi connectivity index (χ2n) is 4.32. The molecule has 2 saturated heterocycles. The van der Waals surface area contributed by atoms with Crippen LogP contribution in [0.3, 0.4) is 0 Å². The van der Waals surface area contributed by atoms with Crippen LogP contribution in [-0.2, 0) is 14.8 Å². The fourth-order valence-electron chi connectivity index (χ4n) is 2.59. The predicted molar refractivity (Wildman–Crippen MR) is 53.9 cm³/mol. The molecule has 1 N–H and O–H groups in total. The summed E-state index contributed by atoms with van der Waals surface area (Å²) in [5, 5.41) is 7.44. The van der Waals surface area contributed by atoms with Crippen LogP contribution in [0.25, 0.3) is 0 Å². The first-order valence-electron chi connectivity index (χ1n) is 5.19. The Hall–Kier alpha value is -0.620. The Morgan fingerprint density at radius 1 is 1.27 bits per heavy atom. The van der Waals surface area contributed by atoms with E-state index in [1.807, 2.05) is 0 Å². The Kier molecular flexibility index (Phi) is 2.50. The molecule has 2 rings (SSSR count). The maximum atomic E-state index is 12.0. The van der Waals surface area contributed by atoms with E-state index in [0.717, 1.165) is 25.7 Å². The molecule has 5 nitrogen and oxygen atoms in total. The second-order valence-corrected chi connectivity index (χ2v) is 6.48. The lowest BCUT2D eigenvalue weighted by molar-refractivity contribution is -0.136. The normalized spacial score (nSPS) is 33.1. The Balaban J connectivity index is 2.27. The summed E-state index contributed by atoms with van der Waals surface area (Å²) < 4.78 is 25.4. The summed E-state index contributed by atoms with van der Waals surface area (Å²) in [6, 6.07) is 0.114. The third-order valence-corrected chi connectivity index (χ3v) is 5.75. The molecule has 2 fully saturated rings. The van der Waals surface area contributed by atoms with Crippen molar-refractivity contribution in [1.82, 2.24) is 4.31 Å². The number of hydrogen-bond acceptors (Lipinski definition) is 3. The van der Waals surface area contributed by atoms with E-state index in [1.165, 1.54) is 11.2 Å². The van der Waals surface area contributed by atoms with Gasteiger partial charge in [-0.25, -0.2) is 8.42 Å². The zero-order valence-electron chi connectivity index (χ0n) is 8.59. The van der Waals surface area contributed by atoms with Crippen molar-refractivity contribution in [3.63, 3.8) is 0 Å². The van der Waals surface area contributed by atoms with Gasteiger partial charge in [-0.05, 0) is 32.6 Å². The minimum absolute atomic E-state index is 0.0572. The van der Waals surface area contributed by atoms with Crippen LogP contribution in [0.2, 0.25) is 0 Å². The molecule has 15 heavy (non-hydrogen) atoms. The predicted octanol–water partition coefficient (Wildman–Crippen LogP) is 0.416. The van der Waals surface area contributed by atoms with E-state index in [-0.39, 0.29) is 12.1 Å². The van der Waals surface area contributed by atoms with Crippen LogP contribution in [0.1, 0.15) is 32.6 Å². The Morgan fingerprint density at radius 3 is 2.00 bits per heavy atom. The van der Waals surface area contributed by atoms with E-state index in [0.29, 0.717) is 0 Å². The van der Waals surface area contributed by atoms with Gasteiger partial charge in [0.25, 0.3) is 0 Å². The van der Waals surface area contributed by atoms with Gasteiger partial charge in [0.2, 0.25) is 10.0 Å². The van der Waals surface area contributed by atoms with Crippen molar-refractivity contribution < 1.29 is 18.3 Å². The summed E-state index contributed by atoms with van der Waals surface area (Å²) >= 11 is 0. The van der Waals surface area contributed by atoms with Crippen LogP contribution in [0.15, 0.2) is 0 Å². The SMILES string of the molecule is CC(C(=O)O)S(=O)(=O)N1C2CCC1CC2. The lowest BCUT2D eigenvalue weighted by atomic mass is 10.0. The van der Waals surface area contributed by atoms with Crippen molar-refractivity contribution in [1.29, 1.82) is 0 Å². The van der Waals surface area contributed by atoms with Gasteiger partial charge in [0, 0.05) is 12.1 Å². The average Bonchev–Trinajstić information content (AvgIpc) is 2.75. The number of nitrogens with zero attached hydrogens (tertiary/aromatic N) is 1. The number of carboxylic acids is 1. The quantitative estimate of drug-likeness (QED) is 0.766. The smallest absolute Gasteiger partial charge is 0.323 e. The second kappa shape index (κ2) is 3.45. The molecule has 6 heteroatoms. The van der Waals surface area contributed by atoms with E-state index in [9.17, 15) is 13.2 Å². The van der Waals surface area contributed by atoms with Crippen molar-refractivity contribution in [3.05, 3.63) is 0 Å². The van der Waals surface area contributed by atoms with Gasteiger partial charge in [-0.15, -0.1) is 0 Å². The highest BCUT2D eigenvalue weighted by atomic mass is 32.2. The molecule has 0 spiro atoms. The van der Waals surface area contributed by atoms with Crippen LogP contribution in [-0.4, -0.2) is 41.1 Å². The molecular formula is C9H15NO4S. The van der Waals surface area contributed by atoms with Crippen LogP contribution in [0.5, 0.6) is 0 Å². The minimum Gasteiger partial charge on any atom is -0.480 e. The molecule has 0 aromatic carbocycles. The first-order chi connectivity index (χ1) is 6.94. The van der Waals surface area contributed by atoms with E-state index >= 15 is 0 Å². The molecule has 2 heterocycles. The monoisotopic (exact) mass is 233 g/mol. The van der Waals surface area contributed by atoms with Gasteiger partial charge in [-0.1, -0.05) is 0 Å². The summed E-state index contributed by atoms with van der Waals surface area (Å²) in [4.78, 5) is 10.7. The number of sulfonamides is 1. The molecule has 2 aliphatic rings. The maximum Gasteiger partial charge on any atom is 0.323 e.